The molecule has 0 spiro atoms. The Hall–Kier alpha value is -2.90. The maximum Gasteiger partial charge on any atom is 0.237 e. The van der Waals surface area contributed by atoms with Gasteiger partial charge in [0.15, 0.2) is 0 Å². The molecule has 1 aliphatic heterocycles. The number of hydrogen-bond acceptors (Lipinski definition) is 5. The topological polar surface area (TPSA) is 79.9 Å². The number of rotatable bonds is 10. The van der Waals surface area contributed by atoms with Gasteiger partial charge in [-0.1, -0.05) is 30.3 Å². The van der Waals surface area contributed by atoms with Gasteiger partial charge < -0.3 is 20.1 Å². The van der Waals surface area contributed by atoms with Gasteiger partial charge in [-0.3, -0.25) is 14.5 Å². The van der Waals surface area contributed by atoms with Gasteiger partial charge in [0, 0.05) is 39.9 Å². The first-order valence-electron chi connectivity index (χ1n) is 10.2. The SMILES string of the molecule is COCCCNC(=O)CC1C(=O)NCCN1Cc1cccc(Oc2ccccc2)c1. The standard InChI is InChI=1S/C23H29N3O4/c1-29-14-6-11-24-22(27)16-21-23(28)25-12-13-26(21)17-18-7-5-10-20(15-18)30-19-8-3-2-4-9-19/h2-5,7-10,15,21H,6,11-14,16-17H2,1H3,(H,24,27)(H,25,28). The van der Waals surface area contributed by atoms with Crippen LogP contribution in [0, 0.1) is 0 Å². The van der Waals surface area contributed by atoms with E-state index in [-0.39, 0.29) is 18.2 Å². The summed E-state index contributed by atoms with van der Waals surface area (Å²) < 4.78 is 10.9. The van der Waals surface area contributed by atoms with Crippen molar-refractivity contribution >= 4 is 11.8 Å². The number of ether oxygens (including phenoxy) is 2. The van der Waals surface area contributed by atoms with Crippen LogP contribution in [-0.4, -0.2) is 56.1 Å². The van der Waals surface area contributed by atoms with Gasteiger partial charge >= 0.3 is 0 Å². The molecule has 3 rings (SSSR count). The van der Waals surface area contributed by atoms with E-state index in [9.17, 15) is 9.59 Å². The minimum atomic E-state index is -0.486. The summed E-state index contributed by atoms with van der Waals surface area (Å²) in [5, 5.41) is 5.73. The number of para-hydroxylation sites is 1. The highest BCUT2D eigenvalue weighted by atomic mass is 16.5. The lowest BCUT2D eigenvalue weighted by Crippen LogP contribution is -2.56. The molecule has 1 aliphatic rings. The molecule has 0 aromatic heterocycles. The predicted molar refractivity (Wildman–Crippen MR) is 114 cm³/mol. The maximum absolute atomic E-state index is 12.4. The Morgan fingerprint density at radius 2 is 1.97 bits per heavy atom. The van der Waals surface area contributed by atoms with Crippen LogP contribution in [0.4, 0.5) is 0 Å². The van der Waals surface area contributed by atoms with Crippen LogP contribution in [0.15, 0.2) is 54.6 Å². The van der Waals surface area contributed by atoms with E-state index in [1.54, 1.807) is 7.11 Å². The van der Waals surface area contributed by atoms with Gasteiger partial charge in [0.05, 0.1) is 12.5 Å². The van der Waals surface area contributed by atoms with Crippen molar-refractivity contribution in [1.82, 2.24) is 15.5 Å². The highest BCUT2D eigenvalue weighted by molar-refractivity contribution is 5.88. The summed E-state index contributed by atoms with van der Waals surface area (Å²) in [5.74, 6) is 1.28. The molecule has 2 amide bonds. The Balaban J connectivity index is 1.61. The van der Waals surface area contributed by atoms with Crippen LogP contribution in [0.1, 0.15) is 18.4 Å². The molecular formula is C23H29N3O4. The van der Waals surface area contributed by atoms with E-state index in [0.717, 1.165) is 23.5 Å². The molecule has 7 heteroatoms. The summed E-state index contributed by atoms with van der Waals surface area (Å²) in [7, 11) is 1.63. The van der Waals surface area contributed by atoms with Crippen LogP contribution in [0.2, 0.25) is 0 Å². The number of piperazine rings is 1. The molecule has 0 radical (unpaired) electrons. The van der Waals surface area contributed by atoms with E-state index in [1.165, 1.54) is 0 Å². The fourth-order valence-corrected chi connectivity index (χ4v) is 3.43. The van der Waals surface area contributed by atoms with E-state index in [2.05, 4.69) is 15.5 Å². The Bertz CT molecular complexity index is 828. The zero-order chi connectivity index (χ0) is 21.2. The molecule has 30 heavy (non-hydrogen) atoms. The molecule has 1 fully saturated rings. The summed E-state index contributed by atoms with van der Waals surface area (Å²) >= 11 is 0. The van der Waals surface area contributed by atoms with Crippen molar-refractivity contribution in [2.75, 3.05) is 33.4 Å². The van der Waals surface area contributed by atoms with Crippen molar-refractivity contribution in [2.45, 2.75) is 25.4 Å². The largest absolute Gasteiger partial charge is 0.457 e. The van der Waals surface area contributed by atoms with Crippen molar-refractivity contribution in [3.8, 4) is 11.5 Å². The van der Waals surface area contributed by atoms with Crippen molar-refractivity contribution in [3.63, 3.8) is 0 Å². The fourth-order valence-electron chi connectivity index (χ4n) is 3.43. The first kappa shape index (κ1) is 21.8. The third-order valence-electron chi connectivity index (χ3n) is 4.93. The van der Waals surface area contributed by atoms with Gasteiger partial charge in [0.25, 0.3) is 0 Å². The van der Waals surface area contributed by atoms with Crippen molar-refractivity contribution in [3.05, 3.63) is 60.2 Å². The first-order chi connectivity index (χ1) is 14.7. The number of benzene rings is 2. The summed E-state index contributed by atoms with van der Waals surface area (Å²) in [6, 6.07) is 16.9. The maximum atomic E-state index is 12.4. The second kappa shape index (κ2) is 11.3. The van der Waals surface area contributed by atoms with Crippen LogP contribution in [0.3, 0.4) is 0 Å². The molecule has 160 valence electrons. The van der Waals surface area contributed by atoms with Gasteiger partial charge in [0.1, 0.15) is 11.5 Å². The van der Waals surface area contributed by atoms with Gasteiger partial charge in [-0.25, -0.2) is 0 Å². The molecule has 2 aromatic carbocycles. The second-order valence-electron chi connectivity index (χ2n) is 7.24. The van der Waals surface area contributed by atoms with Gasteiger partial charge in [-0.15, -0.1) is 0 Å². The summed E-state index contributed by atoms with van der Waals surface area (Å²) in [4.78, 5) is 26.8. The number of amides is 2. The smallest absolute Gasteiger partial charge is 0.237 e. The third kappa shape index (κ3) is 6.57. The van der Waals surface area contributed by atoms with Crippen LogP contribution in [0.25, 0.3) is 0 Å². The zero-order valence-corrected chi connectivity index (χ0v) is 17.3. The molecule has 1 heterocycles. The fraction of sp³-hybridized carbons (Fsp3) is 0.391. The normalized spacial score (nSPS) is 16.7. The predicted octanol–water partition coefficient (Wildman–Crippen LogP) is 2.32. The lowest BCUT2D eigenvalue weighted by molar-refractivity contribution is -0.134. The van der Waals surface area contributed by atoms with E-state index in [1.807, 2.05) is 54.6 Å². The van der Waals surface area contributed by atoms with Gasteiger partial charge in [-0.05, 0) is 36.2 Å². The first-order valence-corrected chi connectivity index (χ1v) is 10.2. The monoisotopic (exact) mass is 411 g/mol. The Morgan fingerprint density at radius 3 is 2.77 bits per heavy atom. The molecule has 7 nitrogen and oxygen atoms in total. The van der Waals surface area contributed by atoms with Crippen LogP contribution in [-0.2, 0) is 20.9 Å². The Labute approximate surface area is 177 Å². The van der Waals surface area contributed by atoms with E-state index in [4.69, 9.17) is 9.47 Å². The van der Waals surface area contributed by atoms with E-state index in [0.29, 0.717) is 32.8 Å². The zero-order valence-electron chi connectivity index (χ0n) is 17.3. The van der Waals surface area contributed by atoms with E-state index >= 15 is 0 Å². The highest BCUT2D eigenvalue weighted by Crippen LogP contribution is 2.23. The number of carbonyl (C=O) groups excluding carboxylic acids is 2. The quantitative estimate of drug-likeness (QED) is 0.587. The molecule has 2 aromatic rings. The average Bonchev–Trinajstić information content (AvgIpc) is 2.75. The molecule has 1 unspecified atom stereocenters. The number of nitrogens with one attached hydrogen (secondary N) is 2. The third-order valence-corrected chi connectivity index (χ3v) is 4.93. The number of methoxy groups -OCH3 is 1. The van der Waals surface area contributed by atoms with Crippen LogP contribution < -0.4 is 15.4 Å². The molecule has 0 bridgehead atoms. The average molecular weight is 412 g/mol. The molecule has 1 saturated heterocycles. The molecule has 1 atom stereocenters. The number of hydrogen-bond donors (Lipinski definition) is 2. The van der Waals surface area contributed by atoms with Crippen molar-refractivity contribution in [2.24, 2.45) is 0 Å². The van der Waals surface area contributed by atoms with Crippen molar-refractivity contribution in [1.29, 1.82) is 0 Å². The van der Waals surface area contributed by atoms with Crippen LogP contribution in [0.5, 0.6) is 11.5 Å². The van der Waals surface area contributed by atoms with Gasteiger partial charge in [-0.2, -0.15) is 0 Å². The lowest BCUT2D eigenvalue weighted by atomic mass is 10.1. The Kier molecular flexibility index (Phi) is 8.23. The minimum absolute atomic E-state index is 0.106. The molecular weight excluding hydrogens is 382 g/mol. The van der Waals surface area contributed by atoms with E-state index < -0.39 is 6.04 Å². The summed E-state index contributed by atoms with van der Waals surface area (Å²) in [6.07, 6.45) is 0.885. The molecule has 2 N–H and O–H groups in total. The molecule has 0 saturated carbocycles. The lowest BCUT2D eigenvalue weighted by Gasteiger charge is -2.34. The number of carbonyl (C=O) groups is 2. The number of nitrogens with zero attached hydrogens (tertiary/aromatic N) is 1. The van der Waals surface area contributed by atoms with Gasteiger partial charge in [0.2, 0.25) is 11.8 Å². The minimum Gasteiger partial charge on any atom is -0.457 e. The summed E-state index contributed by atoms with van der Waals surface area (Å²) in [5.41, 5.74) is 1.03. The highest BCUT2D eigenvalue weighted by Gasteiger charge is 2.31. The summed E-state index contributed by atoms with van der Waals surface area (Å²) in [6.45, 7) is 2.97. The molecule has 0 aliphatic carbocycles. The van der Waals surface area contributed by atoms with Crippen LogP contribution >= 0.6 is 0 Å². The Morgan fingerprint density at radius 1 is 1.17 bits per heavy atom. The van der Waals surface area contributed by atoms with Crippen molar-refractivity contribution < 1.29 is 19.1 Å². The second-order valence-corrected chi connectivity index (χ2v) is 7.24.